The molecule has 1 N–H and O–H groups in total. The van der Waals surface area contributed by atoms with Crippen molar-refractivity contribution in [3.63, 3.8) is 0 Å². The molecule has 0 radical (unpaired) electrons. The van der Waals surface area contributed by atoms with Crippen LogP contribution in [0.1, 0.15) is 24.9 Å². The third-order valence-electron chi connectivity index (χ3n) is 3.51. The summed E-state index contributed by atoms with van der Waals surface area (Å²) in [6.07, 6.45) is -2.31. The summed E-state index contributed by atoms with van der Waals surface area (Å²) in [4.78, 5) is 0. The SMILES string of the molecule is CCCn1cnnc1CNS(=O)(=O)c1cc(-c2cc(C(F)(F)F)on2)cs1. The zero-order valence-electron chi connectivity index (χ0n) is 13.9. The van der Waals surface area contributed by atoms with Crippen LogP contribution in [-0.2, 0) is 29.3 Å². The van der Waals surface area contributed by atoms with Gasteiger partial charge in [0.2, 0.25) is 15.8 Å². The molecule has 27 heavy (non-hydrogen) atoms. The zero-order chi connectivity index (χ0) is 19.7. The lowest BCUT2D eigenvalue weighted by molar-refractivity contribution is -0.155. The van der Waals surface area contributed by atoms with E-state index in [0.29, 0.717) is 12.4 Å². The Kier molecular flexibility index (Phi) is 5.35. The molecule has 0 atom stereocenters. The standard InChI is InChI=1S/C14H14F3N5O3S2/c1-2-3-22-8-18-20-12(22)6-19-27(23,24)13-4-9(7-26-13)10-5-11(25-21-10)14(15,16)17/h4-5,7-8,19H,2-3,6H2,1H3. The van der Waals surface area contributed by atoms with Crippen LogP contribution in [0.2, 0.25) is 0 Å². The minimum absolute atomic E-state index is 0.0578. The number of aromatic nitrogens is 4. The molecule has 146 valence electrons. The number of hydrogen-bond donors (Lipinski definition) is 1. The summed E-state index contributed by atoms with van der Waals surface area (Å²) in [5.41, 5.74) is 0.122. The van der Waals surface area contributed by atoms with Gasteiger partial charge in [0.05, 0.1) is 6.54 Å². The van der Waals surface area contributed by atoms with Crippen LogP contribution in [0.3, 0.4) is 0 Å². The minimum atomic E-state index is -4.66. The molecule has 0 fully saturated rings. The highest BCUT2D eigenvalue weighted by Crippen LogP contribution is 2.34. The van der Waals surface area contributed by atoms with Crippen LogP contribution >= 0.6 is 11.3 Å². The lowest BCUT2D eigenvalue weighted by Gasteiger charge is -2.06. The van der Waals surface area contributed by atoms with Crippen molar-refractivity contribution in [1.82, 2.24) is 24.6 Å². The molecule has 0 saturated heterocycles. The molecule has 0 amide bonds. The van der Waals surface area contributed by atoms with Crippen LogP contribution in [0.25, 0.3) is 11.3 Å². The van der Waals surface area contributed by atoms with Gasteiger partial charge in [-0.1, -0.05) is 12.1 Å². The number of aryl methyl sites for hydroxylation is 1. The first kappa shape index (κ1) is 19.5. The lowest BCUT2D eigenvalue weighted by Crippen LogP contribution is -2.24. The summed E-state index contributed by atoms with van der Waals surface area (Å²) < 4.78 is 70.9. The number of thiophene rings is 1. The molecular weight excluding hydrogens is 407 g/mol. The topological polar surface area (TPSA) is 103 Å². The van der Waals surface area contributed by atoms with E-state index in [1.54, 1.807) is 4.57 Å². The largest absolute Gasteiger partial charge is 0.452 e. The molecule has 3 aromatic heterocycles. The summed E-state index contributed by atoms with van der Waals surface area (Å²) in [7, 11) is -3.87. The normalized spacial score (nSPS) is 12.6. The van der Waals surface area contributed by atoms with Gasteiger partial charge >= 0.3 is 6.18 Å². The molecule has 0 bridgehead atoms. The van der Waals surface area contributed by atoms with Crippen LogP contribution in [0.5, 0.6) is 0 Å². The van der Waals surface area contributed by atoms with Crippen molar-refractivity contribution < 1.29 is 26.1 Å². The second-order valence-corrected chi connectivity index (χ2v) is 8.40. The maximum absolute atomic E-state index is 12.6. The Hall–Kier alpha value is -2.25. The van der Waals surface area contributed by atoms with E-state index in [4.69, 9.17) is 0 Å². The molecule has 0 unspecified atom stereocenters. The van der Waals surface area contributed by atoms with E-state index in [-0.39, 0.29) is 22.0 Å². The molecule has 8 nitrogen and oxygen atoms in total. The second-order valence-electron chi connectivity index (χ2n) is 5.49. The smallest absolute Gasteiger partial charge is 0.351 e. The molecule has 0 aliphatic rings. The molecule has 13 heteroatoms. The van der Waals surface area contributed by atoms with Crippen LogP contribution < -0.4 is 4.72 Å². The van der Waals surface area contributed by atoms with Gasteiger partial charge in [-0.05, 0) is 12.5 Å². The van der Waals surface area contributed by atoms with E-state index in [1.165, 1.54) is 17.8 Å². The van der Waals surface area contributed by atoms with E-state index < -0.39 is 22.0 Å². The first-order valence-electron chi connectivity index (χ1n) is 7.70. The molecular formula is C14H14F3N5O3S2. The number of nitrogens with one attached hydrogen (secondary N) is 1. The predicted octanol–water partition coefficient (Wildman–Crippen LogP) is 2.90. The highest BCUT2D eigenvalue weighted by molar-refractivity contribution is 7.91. The van der Waals surface area contributed by atoms with Crippen molar-refractivity contribution in [2.45, 2.75) is 36.8 Å². The van der Waals surface area contributed by atoms with Gasteiger partial charge in [-0.25, -0.2) is 13.1 Å². The molecule has 3 heterocycles. The first-order valence-corrected chi connectivity index (χ1v) is 10.1. The van der Waals surface area contributed by atoms with E-state index >= 15 is 0 Å². The number of nitrogens with zero attached hydrogens (tertiary/aromatic N) is 4. The summed E-state index contributed by atoms with van der Waals surface area (Å²) >= 11 is 0.864. The first-order chi connectivity index (χ1) is 12.7. The van der Waals surface area contributed by atoms with Crippen LogP contribution in [0, 0.1) is 0 Å². The molecule has 0 aliphatic carbocycles. The molecule has 3 rings (SSSR count). The van der Waals surface area contributed by atoms with E-state index in [0.717, 1.165) is 23.8 Å². The summed E-state index contributed by atoms with van der Waals surface area (Å²) in [6, 6.07) is 1.96. The number of rotatable bonds is 7. The number of sulfonamides is 1. The summed E-state index contributed by atoms with van der Waals surface area (Å²) in [5.74, 6) is -0.787. The number of hydrogen-bond acceptors (Lipinski definition) is 7. The number of alkyl halides is 3. The fourth-order valence-corrected chi connectivity index (χ4v) is 4.41. The monoisotopic (exact) mass is 421 g/mol. The van der Waals surface area contributed by atoms with Gasteiger partial charge in [0.25, 0.3) is 0 Å². The van der Waals surface area contributed by atoms with Crippen LogP contribution in [0.15, 0.2) is 32.6 Å². The van der Waals surface area contributed by atoms with Crippen molar-refractivity contribution in [3.05, 3.63) is 35.4 Å². The Balaban J connectivity index is 1.74. The molecule has 0 spiro atoms. The molecule has 0 aromatic carbocycles. The highest BCUT2D eigenvalue weighted by atomic mass is 32.2. The third-order valence-corrected chi connectivity index (χ3v) is 6.35. The van der Waals surface area contributed by atoms with Crippen LogP contribution in [-0.4, -0.2) is 28.3 Å². The van der Waals surface area contributed by atoms with E-state index in [2.05, 4.69) is 24.6 Å². The maximum Gasteiger partial charge on any atom is 0.452 e. The maximum atomic E-state index is 12.6. The summed E-state index contributed by atoms with van der Waals surface area (Å²) in [5, 5.41) is 12.4. The quantitative estimate of drug-likeness (QED) is 0.629. The minimum Gasteiger partial charge on any atom is -0.351 e. The van der Waals surface area contributed by atoms with E-state index in [1.807, 2.05) is 6.92 Å². The van der Waals surface area contributed by atoms with Gasteiger partial charge in [-0.2, -0.15) is 13.2 Å². The van der Waals surface area contributed by atoms with Crippen LogP contribution in [0.4, 0.5) is 13.2 Å². The van der Waals surface area contributed by atoms with Crippen molar-refractivity contribution in [2.75, 3.05) is 0 Å². The Morgan fingerprint density at radius 1 is 1.33 bits per heavy atom. The van der Waals surface area contributed by atoms with Crippen molar-refractivity contribution in [1.29, 1.82) is 0 Å². The molecule has 0 aliphatic heterocycles. The predicted molar refractivity (Wildman–Crippen MR) is 89.2 cm³/mol. The summed E-state index contributed by atoms with van der Waals surface area (Å²) in [6.45, 7) is 2.56. The van der Waals surface area contributed by atoms with Gasteiger partial charge in [0.1, 0.15) is 22.1 Å². The van der Waals surface area contributed by atoms with E-state index in [9.17, 15) is 21.6 Å². The van der Waals surface area contributed by atoms with Gasteiger partial charge in [0.15, 0.2) is 0 Å². The fourth-order valence-electron chi connectivity index (χ4n) is 2.21. The van der Waals surface area contributed by atoms with Gasteiger partial charge < -0.3 is 9.09 Å². The lowest BCUT2D eigenvalue weighted by atomic mass is 10.2. The Labute approximate surface area is 156 Å². The molecule has 3 aromatic rings. The van der Waals surface area contributed by atoms with Crippen molar-refractivity contribution >= 4 is 21.4 Å². The second kappa shape index (κ2) is 7.40. The average molecular weight is 421 g/mol. The number of halogens is 3. The van der Waals surface area contributed by atoms with Crippen molar-refractivity contribution in [2.24, 2.45) is 0 Å². The molecule has 0 saturated carbocycles. The zero-order valence-corrected chi connectivity index (χ0v) is 15.5. The van der Waals surface area contributed by atoms with Gasteiger partial charge in [-0.15, -0.1) is 21.5 Å². The fraction of sp³-hybridized carbons (Fsp3) is 0.357. The Morgan fingerprint density at radius 2 is 2.11 bits per heavy atom. The highest BCUT2D eigenvalue weighted by Gasteiger charge is 2.36. The third kappa shape index (κ3) is 4.36. The van der Waals surface area contributed by atoms with Gasteiger partial charge in [-0.3, -0.25) is 0 Å². The Morgan fingerprint density at radius 3 is 2.78 bits per heavy atom. The van der Waals surface area contributed by atoms with Crippen molar-refractivity contribution in [3.8, 4) is 11.3 Å². The van der Waals surface area contributed by atoms with Gasteiger partial charge in [0, 0.05) is 23.6 Å². The average Bonchev–Trinajstić information content (AvgIpc) is 3.32. The Bertz CT molecular complexity index is 1020.